The van der Waals surface area contributed by atoms with Gasteiger partial charge in [0.1, 0.15) is 0 Å². The van der Waals surface area contributed by atoms with Gasteiger partial charge in [-0.25, -0.2) is 0 Å². The molecule has 6 heteroatoms. The summed E-state index contributed by atoms with van der Waals surface area (Å²) < 4.78 is 9.87. The summed E-state index contributed by atoms with van der Waals surface area (Å²) in [4.78, 5) is 14.4. The van der Waals surface area contributed by atoms with Crippen molar-refractivity contribution in [2.45, 2.75) is 6.29 Å². The molecule has 1 rings (SSSR count). The standard InChI is InChI=1S/C9H11NO4.Li/c1-13-9(14-2)6-3-4-10-5-7(6)8(11)12;/h3-5,9H,1-2H3,(H,11,12);/q;+1/p-1. The van der Waals surface area contributed by atoms with Crippen molar-refractivity contribution in [1.29, 1.82) is 0 Å². The molecule has 0 unspecified atom stereocenters. The fourth-order valence-corrected chi connectivity index (χ4v) is 1.13. The molecule has 0 aliphatic carbocycles. The fraction of sp³-hybridized carbons (Fsp3) is 0.333. The third-order valence-electron chi connectivity index (χ3n) is 1.76. The Bertz CT molecular complexity index is 328. The maximum atomic E-state index is 10.7. The summed E-state index contributed by atoms with van der Waals surface area (Å²) in [6, 6.07) is 1.52. The van der Waals surface area contributed by atoms with Gasteiger partial charge in [0.25, 0.3) is 0 Å². The minimum atomic E-state index is -1.30. The molecule has 0 spiro atoms. The largest absolute Gasteiger partial charge is 1.00 e. The summed E-state index contributed by atoms with van der Waals surface area (Å²) in [6.45, 7) is 0. The third-order valence-corrected chi connectivity index (χ3v) is 1.76. The molecule has 0 N–H and O–H groups in total. The molecule has 0 atom stereocenters. The molecule has 0 aromatic carbocycles. The van der Waals surface area contributed by atoms with E-state index in [0.717, 1.165) is 0 Å². The van der Waals surface area contributed by atoms with E-state index in [4.69, 9.17) is 9.47 Å². The Labute approximate surface area is 99.6 Å². The summed E-state index contributed by atoms with van der Waals surface area (Å²) >= 11 is 0. The van der Waals surface area contributed by atoms with E-state index in [1.165, 1.54) is 32.7 Å². The molecular weight excluding hydrogens is 193 g/mol. The minimum absolute atomic E-state index is 0. The van der Waals surface area contributed by atoms with Crippen molar-refractivity contribution in [2.24, 2.45) is 0 Å². The van der Waals surface area contributed by atoms with Gasteiger partial charge in [-0.05, 0) is 6.07 Å². The molecule has 5 nitrogen and oxygen atoms in total. The molecule has 1 aromatic rings. The summed E-state index contributed by atoms with van der Waals surface area (Å²) in [5.41, 5.74) is 0.367. The van der Waals surface area contributed by atoms with Crippen LogP contribution in [0.5, 0.6) is 0 Å². The Balaban J connectivity index is 0.00000196. The van der Waals surface area contributed by atoms with Gasteiger partial charge in [0.05, 0.1) is 5.97 Å². The summed E-state index contributed by atoms with van der Waals surface area (Å²) in [6.07, 6.45) is 1.95. The van der Waals surface area contributed by atoms with Gasteiger partial charge in [0, 0.05) is 37.7 Å². The number of carboxylic acid groups (broad SMARTS) is 1. The van der Waals surface area contributed by atoms with Crippen molar-refractivity contribution in [3.8, 4) is 0 Å². The monoisotopic (exact) mass is 203 g/mol. The second-order valence-electron chi connectivity index (χ2n) is 2.55. The van der Waals surface area contributed by atoms with Crippen LogP contribution in [0.4, 0.5) is 0 Å². The Morgan fingerprint density at radius 1 is 1.47 bits per heavy atom. The number of carbonyl (C=O) groups excluding carboxylic acids is 1. The molecule has 15 heavy (non-hydrogen) atoms. The first-order chi connectivity index (χ1) is 6.70. The Kier molecular flexibility index (Phi) is 6.21. The number of hydrogen-bond donors (Lipinski definition) is 0. The smallest absolute Gasteiger partial charge is 0.545 e. The van der Waals surface area contributed by atoms with Gasteiger partial charge in [-0.3, -0.25) is 4.98 Å². The zero-order valence-electron chi connectivity index (χ0n) is 8.89. The normalized spacial score (nSPS) is 9.80. The maximum Gasteiger partial charge on any atom is 1.00 e. The van der Waals surface area contributed by atoms with Crippen molar-refractivity contribution in [2.75, 3.05) is 14.2 Å². The van der Waals surface area contributed by atoms with Gasteiger partial charge in [0.2, 0.25) is 0 Å². The number of ether oxygens (including phenoxy) is 2. The first-order valence-electron chi connectivity index (χ1n) is 3.91. The zero-order chi connectivity index (χ0) is 10.6. The van der Waals surface area contributed by atoms with Crippen LogP contribution in [0.3, 0.4) is 0 Å². The number of nitrogens with zero attached hydrogens (tertiary/aromatic N) is 1. The molecule has 0 saturated heterocycles. The van der Waals surface area contributed by atoms with Gasteiger partial charge in [-0.2, -0.15) is 0 Å². The van der Waals surface area contributed by atoms with Crippen LogP contribution in [0.15, 0.2) is 18.5 Å². The van der Waals surface area contributed by atoms with E-state index in [2.05, 4.69) is 4.98 Å². The second-order valence-corrected chi connectivity index (χ2v) is 2.55. The maximum absolute atomic E-state index is 10.7. The molecule has 0 fully saturated rings. The van der Waals surface area contributed by atoms with E-state index in [1.807, 2.05) is 0 Å². The Morgan fingerprint density at radius 2 is 2.07 bits per heavy atom. The zero-order valence-corrected chi connectivity index (χ0v) is 8.89. The molecule has 0 radical (unpaired) electrons. The summed E-state index contributed by atoms with van der Waals surface area (Å²) in [5.74, 6) is -1.30. The SMILES string of the molecule is COC(OC)c1ccncc1C(=O)[O-].[Li+]. The van der Waals surface area contributed by atoms with E-state index >= 15 is 0 Å². The average molecular weight is 203 g/mol. The van der Waals surface area contributed by atoms with Gasteiger partial charge in [0.15, 0.2) is 6.29 Å². The van der Waals surface area contributed by atoms with E-state index in [0.29, 0.717) is 5.56 Å². The molecule has 76 valence electrons. The number of methoxy groups -OCH3 is 2. The minimum Gasteiger partial charge on any atom is -0.545 e. The number of aromatic carboxylic acids is 1. The predicted octanol–water partition coefficient (Wildman–Crippen LogP) is -3.26. The molecule has 0 saturated carbocycles. The molecule has 0 aliphatic heterocycles. The summed E-state index contributed by atoms with van der Waals surface area (Å²) in [5, 5.41) is 10.7. The van der Waals surface area contributed by atoms with Crippen molar-refractivity contribution < 1.29 is 38.2 Å². The van der Waals surface area contributed by atoms with Crippen LogP contribution in [-0.2, 0) is 9.47 Å². The van der Waals surface area contributed by atoms with Gasteiger partial charge >= 0.3 is 18.9 Å². The number of carboxylic acids is 1. The van der Waals surface area contributed by atoms with Crippen LogP contribution in [0.1, 0.15) is 22.2 Å². The topological polar surface area (TPSA) is 71.5 Å². The molecule has 0 aliphatic rings. The van der Waals surface area contributed by atoms with Crippen LogP contribution >= 0.6 is 0 Å². The van der Waals surface area contributed by atoms with Gasteiger partial charge in [-0.1, -0.05) is 0 Å². The first-order valence-corrected chi connectivity index (χ1v) is 3.91. The third kappa shape index (κ3) is 3.33. The molecule has 0 amide bonds. The number of rotatable bonds is 4. The summed E-state index contributed by atoms with van der Waals surface area (Å²) in [7, 11) is 2.85. The quantitative estimate of drug-likeness (QED) is 0.379. The van der Waals surface area contributed by atoms with E-state index < -0.39 is 12.3 Å². The van der Waals surface area contributed by atoms with Crippen molar-refractivity contribution in [1.82, 2.24) is 4.98 Å². The molecule has 1 heterocycles. The van der Waals surface area contributed by atoms with Crippen molar-refractivity contribution in [3.05, 3.63) is 29.6 Å². The van der Waals surface area contributed by atoms with Gasteiger partial charge in [-0.15, -0.1) is 0 Å². The predicted molar refractivity (Wildman–Crippen MR) is 45.3 cm³/mol. The van der Waals surface area contributed by atoms with Crippen molar-refractivity contribution >= 4 is 5.97 Å². The van der Waals surface area contributed by atoms with Crippen LogP contribution in [0, 0.1) is 0 Å². The Hall–Kier alpha value is -0.863. The van der Waals surface area contributed by atoms with Crippen LogP contribution < -0.4 is 24.0 Å². The molecule has 0 bridgehead atoms. The first kappa shape index (κ1) is 14.1. The second kappa shape index (κ2) is 6.59. The molecular formula is C9H10LiNO4. The molecule has 1 aromatic heterocycles. The van der Waals surface area contributed by atoms with Crippen LogP contribution in [0.2, 0.25) is 0 Å². The van der Waals surface area contributed by atoms with Crippen LogP contribution in [0.25, 0.3) is 0 Å². The number of hydrogen-bond acceptors (Lipinski definition) is 5. The van der Waals surface area contributed by atoms with E-state index in [-0.39, 0.29) is 24.4 Å². The fourth-order valence-electron chi connectivity index (χ4n) is 1.13. The van der Waals surface area contributed by atoms with Gasteiger partial charge < -0.3 is 19.4 Å². The van der Waals surface area contributed by atoms with E-state index in [9.17, 15) is 9.90 Å². The van der Waals surface area contributed by atoms with Crippen LogP contribution in [-0.4, -0.2) is 25.2 Å². The average Bonchev–Trinajstić information content (AvgIpc) is 2.20. The number of pyridine rings is 1. The number of aromatic nitrogens is 1. The Morgan fingerprint density at radius 3 is 2.53 bits per heavy atom. The van der Waals surface area contributed by atoms with Crippen molar-refractivity contribution in [3.63, 3.8) is 0 Å². The van der Waals surface area contributed by atoms with E-state index in [1.54, 1.807) is 0 Å². The number of carbonyl (C=O) groups is 1.